The molecule has 0 aliphatic carbocycles. The first-order chi connectivity index (χ1) is 14.9. The molecule has 31 heavy (non-hydrogen) atoms. The van der Waals surface area contributed by atoms with E-state index in [-0.39, 0.29) is 29.4 Å². The van der Waals surface area contributed by atoms with Gasteiger partial charge in [-0.15, -0.1) is 0 Å². The molecule has 0 radical (unpaired) electrons. The number of rotatable bonds is 6. The van der Waals surface area contributed by atoms with Gasteiger partial charge in [0.25, 0.3) is 5.91 Å². The van der Waals surface area contributed by atoms with Gasteiger partial charge in [0.05, 0.1) is 30.4 Å². The summed E-state index contributed by atoms with van der Waals surface area (Å²) in [5.41, 5.74) is 0.753. The molecule has 0 bridgehead atoms. The maximum Gasteiger partial charge on any atom is 0.291 e. The van der Waals surface area contributed by atoms with Crippen molar-refractivity contribution >= 4 is 44.2 Å². The van der Waals surface area contributed by atoms with Gasteiger partial charge < -0.3 is 19.2 Å². The quantitative estimate of drug-likeness (QED) is 0.596. The van der Waals surface area contributed by atoms with Crippen molar-refractivity contribution in [2.24, 2.45) is 0 Å². The van der Waals surface area contributed by atoms with Crippen LogP contribution in [0.15, 0.2) is 51.8 Å². The monoisotopic (exact) mass is 464 g/mol. The summed E-state index contributed by atoms with van der Waals surface area (Å²) in [7, 11) is -3.73. The molecule has 1 N–H and O–H groups in total. The first-order valence-corrected chi connectivity index (χ1v) is 11.6. The van der Waals surface area contributed by atoms with Gasteiger partial charge in [-0.1, -0.05) is 11.6 Å². The second kappa shape index (κ2) is 8.88. The number of furan rings is 1. The number of carbonyl (C=O) groups excluding carboxylic acids is 1. The molecule has 3 aromatic rings. The number of hydrogen-bond acceptors (Lipinski definition) is 6. The van der Waals surface area contributed by atoms with Gasteiger partial charge in [-0.2, -0.15) is 4.31 Å². The van der Waals surface area contributed by atoms with Crippen molar-refractivity contribution in [2.45, 2.75) is 11.8 Å². The zero-order valence-electron chi connectivity index (χ0n) is 16.8. The lowest BCUT2D eigenvalue weighted by Crippen LogP contribution is -2.40. The number of carbonyl (C=O) groups is 1. The van der Waals surface area contributed by atoms with E-state index in [1.165, 1.54) is 22.5 Å². The molecule has 4 rings (SSSR count). The van der Waals surface area contributed by atoms with Crippen LogP contribution in [0.5, 0.6) is 5.75 Å². The third-order valence-corrected chi connectivity index (χ3v) is 6.94. The highest BCUT2D eigenvalue weighted by atomic mass is 35.5. The van der Waals surface area contributed by atoms with Crippen molar-refractivity contribution in [3.8, 4) is 5.75 Å². The van der Waals surface area contributed by atoms with Crippen molar-refractivity contribution < 1.29 is 27.1 Å². The normalized spacial score (nSPS) is 15.2. The van der Waals surface area contributed by atoms with Crippen LogP contribution in [0, 0.1) is 0 Å². The molecule has 1 amide bonds. The van der Waals surface area contributed by atoms with Crippen LogP contribution in [0.3, 0.4) is 0 Å². The Morgan fingerprint density at radius 1 is 1.16 bits per heavy atom. The number of anilines is 1. The number of amides is 1. The van der Waals surface area contributed by atoms with E-state index in [1.807, 2.05) is 0 Å². The fourth-order valence-electron chi connectivity index (χ4n) is 3.29. The van der Waals surface area contributed by atoms with Crippen LogP contribution in [0.1, 0.15) is 17.5 Å². The summed E-state index contributed by atoms with van der Waals surface area (Å²) in [6.45, 7) is 3.39. The fraction of sp³-hybridized carbons (Fsp3) is 0.286. The van der Waals surface area contributed by atoms with Crippen molar-refractivity contribution in [3.63, 3.8) is 0 Å². The second-order valence-corrected chi connectivity index (χ2v) is 9.23. The molecule has 2 heterocycles. The maximum atomic E-state index is 13.0. The van der Waals surface area contributed by atoms with Gasteiger partial charge in [-0.25, -0.2) is 8.42 Å². The highest BCUT2D eigenvalue weighted by Crippen LogP contribution is 2.31. The van der Waals surface area contributed by atoms with Crippen LogP contribution < -0.4 is 10.1 Å². The Hall–Kier alpha value is -2.59. The molecule has 2 aromatic carbocycles. The molecule has 0 spiro atoms. The zero-order valence-corrected chi connectivity index (χ0v) is 18.3. The van der Waals surface area contributed by atoms with Gasteiger partial charge in [-0.3, -0.25) is 4.79 Å². The molecule has 10 heteroatoms. The Bertz CT molecular complexity index is 1220. The van der Waals surface area contributed by atoms with E-state index >= 15 is 0 Å². The number of fused-ring (bicyclic) bond motifs is 1. The SMILES string of the molecule is CCOc1ccc(S(=O)(=O)N2CCOCC2)cc1NC(=O)c1cc2cc(Cl)ccc2o1. The highest BCUT2D eigenvalue weighted by molar-refractivity contribution is 7.89. The van der Waals surface area contributed by atoms with Crippen LogP contribution in [0.2, 0.25) is 5.02 Å². The topological polar surface area (TPSA) is 98.1 Å². The van der Waals surface area contributed by atoms with Gasteiger partial charge in [-0.05, 0) is 49.4 Å². The number of nitrogens with one attached hydrogen (secondary N) is 1. The highest BCUT2D eigenvalue weighted by Gasteiger charge is 2.27. The first kappa shape index (κ1) is 21.6. The Labute approximate surface area is 184 Å². The van der Waals surface area contributed by atoms with Crippen molar-refractivity contribution in [1.82, 2.24) is 4.31 Å². The lowest BCUT2D eigenvalue weighted by Gasteiger charge is -2.26. The number of benzene rings is 2. The van der Waals surface area contributed by atoms with Gasteiger partial charge in [0.1, 0.15) is 11.3 Å². The molecule has 1 aromatic heterocycles. The van der Waals surface area contributed by atoms with Crippen LogP contribution in [-0.2, 0) is 14.8 Å². The number of hydrogen-bond donors (Lipinski definition) is 1. The predicted octanol–water partition coefficient (Wildman–Crippen LogP) is 3.76. The minimum atomic E-state index is -3.73. The van der Waals surface area contributed by atoms with E-state index in [1.54, 1.807) is 31.2 Å². The van der Waals surface area contributed by atoms with E-state index < -0.39 is 15.9 Å². The van der Waals surface area contributed by atoms with E-state index in [9.17, 15) is 13.2 Å². The number of halogens is 1. The lowest BCUT2D eigenvalue weighted by molar-refractivity contribution is 0.0730. The smallest absolute Gasteiger partial charge is 0.291 e. The van der Waals surface area contributed by atoms with Gasteiger partial charge in [0.15, 0.2) is 5.76 Å². The molecule has 1 aliphatic rings. The number of sulfonamides is 1. The summed E-state index contributed by atoms with van der Waals surface area (Å²) >= 11 is 5.99. The Morgan fingerprint density at radius 3 is 2.68 bits per heavy atom. The number of morpholine rings is 1. The minimum absolute atomic E-state index is 0.0598. The standard InChI is InChI=1S/C21H21ClN2O6S/c1-2-29-19-6-4-16(31(26,27)24-7-9-28-10-8-24)13-17(19)23-21(25)20-12-14-11-15(22)3-5-18(14)30-20/h3-6,11-13H,2,7-10H2,1H3,(H,23,25). The fourth-order valence-corrected chi connectivity index (χ4v) is 4.91. The van der Waals surface area contributed by atoms with Crippen LogP contribution in [0.25, 0.3) is 11.0 Å². The summed E-state index contributed by atoms with van der Waals surface area (Å²) in [6, 6.07) is 11.0. The molecule has 0 unspecified atom stereocenters. The zero-order chi connectivity index (χ0) is 22.0. The lowest BCUT2D eigenvalue weighted by atomic mass is 10.2. The largest absolute Gasteiger partial charge is 0.492 e. The average Bonchev–Trinajstić information content (AvgIpc) is 3.19. The molecular weight excluding hydrogens is 444 g/mol. The third kappa shape index (κ3) is 4.54. The summed E-state index contributed by atoms with van der Waals surface area (Å²) < 4.78 is 43.8. The predicted molar refractivity (Wildman–Crippen MR) is 116 cm³/mol. The van der Waals surface area contributed by atoms with E-state index in [2.05, 4.69) is 5.32 Å². The van der Waals surface area contributed by atoms with E-state index in [0.29, 0.717) is 41.6 Å². The molecule has 8 nitrogen and oxygen atoms in total. The van der Waals surface area contributed by atoms with Gasteiger partial charge in [0.2, 0.25) is 10.0 Å². The Kier molecular flexibility index (Phi) is 6.19. The molecular formula is C21H21ClN2O6S. The minimum Gasteiger partial charge on any atom is -0.492 e. The molecule has 1 aliphatic heterocycles. The molecule has 1 saturated heterocycles. The third-order valence-electron chi connectivity index (χ3n) is 4.81. The summed E-state index contributed by atoms with van der Waals surface area (Å²) in [6.07, 6.45) is 0. The van der Waals surface area contributed by atoms with Crippen molar-refractivity contribution in [3.05, 3.63) is 53.2 Å². The van der Waals surface area contributed by atoms with Crippen molar-refractivity contribution in [1.29, 1.82) is 0 Å². The molecule has 0 atom stereocenters. The maximum absolute atomic E-state index is 13.0. The molecule has 164 valence electrons. The summed E-state index contributed by atoms with van der Waals surface area (Å²) in [4.78, 5) is 12.9. The Morgan fingerprint density at radius 2 is 1.94 bits per heavy atom. The summed E-state index contributed by atoms with van der Waals surface area (Å²) in [5.74, 6) is -0.105. The number of nitrogens with zero attached hydrogens (tertiary/aromatic N) is 1. The van der Waals surface area contributed by atoms with E-state index in [4.69, 9.17) is 25.5 Å². The van der Waals surface area contributed by atoms with E-state index in [0.717, 1.165) is 0 Å². The van der Waals surface area contributed by atoms with Gasteiger partial charge in [0, 0.05) is 23.5 Å². The number of ether oxygens (including phenoxy) is 2. The van der Waals surface area contributed by atoms with Gasteiger partial charge >= 0.3 is 0 Å². The van der Waals surface area contributed by atoms with Crippen molar-refractivity contribution in [2.75, 3.05) is 38.2 Å². The molecule has 0 saturated carbocycles. The van der Waals surface area contributed by atoms with Crippen LogP contribution in [-0.4, -0.2) is 51.5 Å². The average molecular weight is 465 g/mol. The summed E-state index contributed by atoms with van der Waals surface area (Å²) in [5, 5.41) is 3.92. The Balaban J connectivity index is 1.65. The first-order valence-electron chi connectivity index (χ1n) is 9.73. The van der Waals surface area contributed by atoms with Crippen LogP contribution in [0.4, 0.5) is 5.69 Å². The molecule has 1 fully saturated rings. The second-order valence-electron chi connectivity index (χ2n) is 6.85. The van der Waals surface area contributed by atoms with Crippen LogP contribution >= 0.6 is 11.6 Å².